The van der Waals surface area contributed by atoms with Gasteiger partial charge in [-0.3, -0.25) is 9.59 Å². The van der Waals surface area contributed by atoms with Crippen molar-refractivity contribution in [1.82, 2.24) is 10.1 Å². The number of hydrogen-bond acceptors (Lipinski definition) is 6. The molecule has 1 unspecified atom stereocenters. The SMILES string of the molecule is Cc1cc(C(=O)N(CC(=O)O)C2CCS(=O)(=O)C2)no1. The summed E-state index contributed by atoms with van der Waals surface area (Å²) in [7, 11) is -3.22. The van der Waals surface area contributed by atoms with Crippen molar-refractivity contribution in [2.45, 2.75) is 19.4 Å². The van der Waals surface area contributed by atoms with Gasteiger partial charge in [0.25, 0.3) is 5.91 Å². The lowest BCUT2D eigenvalue weighted by molar-refractivity contribution is -0.138. The van der Waals surface area contributed by atoms with E-state index in [0.717, 1.165) is 4.90 Å². The van der Waals surface area contributed by atoms with E-state index in [9.17, 15) is 18.0 Å². The van der Waals surface area contributed by atoms with Crippen LogP contribution in [0.25, 0.3) is 0 Å². The number of nitrogens with zero attached hydrogens (tertiary/aromatic N) is 2. The van der Waals surface area contributed by atoms with Gasteiger partial charge in [0, 0.05) is 12.1 Å². The van der Waals surface area contributed by atoms with E-state index in [-0.39, 0.29) is 23.6 Å². The van der Waals surface area contributed by atoms with E-state index in [4.69, 9.17) is 9.63 Å². The number of aryl methyl sites for hydroxylation is 1. The average Bonchev–Trinajstić information content (AvgIpc) is 2.91. The van der Waals surface area contributed by atoms with Crippen LogP contribution in [0.15, 0.2) is 10.6 Å². The second-order valence-corrected chi connectivity index (χ2v) is 6.94. The van der Waals surface area contributed by atoms with Gasteiger partial charge < -0.3 is 14.5 Å². The molecule has 1 aliphatic heterocycles. The summed E-state index contributed by atoms with van der Waals surface area (Å²) in [5.74, 6) is -1.68. The van der Waals surface area contributed by atoms with E-state index < -0.39 is 34.3 Å². The fraction of sp³-hybridized carbons (Fsp3) is 0.545. The van der Waals surface area contributed by atoms with Crippen molar-refractivity contribution in [2.75, 3.05) is 18.1 Å². The lowest BCUT2D eigenvalue weighted by atomic mass is 10.2. The van der Waals surface area contributed by atoms with Crippen molar-refractivity contribution in [3.05, 3.63) is 17.5 Å². The van der Waals surface area contributed by atoms with Crippen LogP contribution in [0.2, 0.25) is 0 Å². The average molecular weight is 302 g/mol. The molecule has 1 saturated heterocycles. The van der Waals surface area contributed by atoms with E-state index in [1.54, 1.807) is 6.92 Å². The highest BCUT2D eigenvalue weighted by Gasteiger charge is 2.36. The summed E-state index contributed by atoms with van der Waals surface area (Å²) >= 11 is 0. The first-order valence-electron chi connectivity index (χ1n) is 5.95. The maximum absolute atomic E-state index is 12.2. The maximum atomic E-state index is 12.2. The van der Waals surface area contributed by atoms with E-state index in [0.29, 0.717) is 5.76 Å². The summed E-state index contributed by atoms with van der Waals surface area (Å²) in [5, 5.41) is 12.4. The van der Waals surface area contributed by atoms with Gasteiger partial charge >= 0.3 is 5.97 Å². The molecule has 0 aromatic carbocycles. The zero-order valence-electron chi connectivity index (χ0n) is 10.8. The van der Waals surface area contributed by atoms with Crippen LogP contribution in [0, 0.1) is 6.92 Å². The van der Waals surface area contributed by atoms with Crippen LogP contribution in [-0.2, 0) is 14.6 Å². The zero-order valence-corrected chi connectivity index (χ0v) is 11.6. The van der Waals surface area contributed by atoms with Gasteiger partial charge in [0.15, 0.2) is 15.5 Å². The number of rotatable bonds is 4. The molecule has 2 heterocycles. The molecule has 1 aromatic rings. The smallest absolute Gasteiger partial charge is 0.323 e. The molecular weight excluding hydrogens is 288 g/mol. The molecule has 0 saturated carbocycles. The molecule has 0 aliphatic carbocycles. The van der Waals surface area contributed by atoms with Crippen molar-refractivity contribution < 1.29 is 27.6 Å². The Morgan fingerprint density at radius 2 is 2.25 bits per heavy atom. The molecule has 8 nitrogen and oxygen atoms in total. The van der Waals surface area contributed by atoms with Crippen LogP contribution in [-0.4, -0.2) is 59.5 Å². The van der Waals surface area contributed by atoms with E-state index >= 15 is 0 Å². The van der Waals surface area contributed by atoms with Crippen LogP contribution >= 0.6 is 0 Å². The van der Waals surface area contributed by atoms with Gasteiger partial charge in [-0.1, -0.05) is 5.16 Å². The standard InChI is InChI=1S/C11H14N2O6S/c1-7-4-9(12-19-7)11(16)13(5-10(14)15)8-2-3-20(17,18)6-8/h4,8H,2-3,5-6H2,1H3,(H,14,15). The third-order valence-electron chi connectivity index (χ3n) is 3.06. The third kappa shape index (κ3) is 3.16. The van der Waals surface area contributed by atoms with Gasteiger partial charge in [0.05, 0.1) is 11.5 Å². The number of aromatic nitrogens is 1. The molecule has 1 atom stereocenters. The van der Waals surface area contributed by atoms with Crippen molar-refractivity contribution in [3.8, 4) is 0 Å². The van der Waals surface area contributed by atoms with Crippen molar-refractivity contribution >= 4 is 21.7 Å². The van der Waals surface area contributed by atoms with Crippen LogP contribution in [0.3, 0.4) is 0 Å². The Labute approximate surface area is 115 Å². The van der Waals surface area contributed by atoms with Gasteiger partial charge in [-0.05, 0) is 13.3 Å². The molecule has 1 fully saturated rings. The first kappa shape index (κ1) is 14.5. The normalized spacial score (nSPS) is 20.8. The fourth-order valence-electron chi connectivity index (χ4n) is 2.15. The Morgan fingerprint density at radius 1 is 1.55 bits per heavy atom. The van der Waals surface area contributed by atoms with Gasteiger partial charge in [0.1, 0.15) is 12.3 Å². The Kier molecular flexibility index (Phi) is 3.80. The minimum atomic E-state index is -3.22. The second-order valence-electron chi connectivity index (χ2n) is 4.71. The number of carbonyl (C=O) groups excluding carboxylic acids is 1. The highest BCUT2D eigenvalue weighted by molar-refractivity contribution is 7.91. The van der Waals surface area contributed by atoms with E-state index in [1.807, 2.05) is 0 Å². The molecule has 0 spiro atoms. The van der Waals surface area contributed by atoms with Crippen LogP contribution < -0.4 is 0 Å². The topological polar surface area (TPSA) is 118 Å². The molecule has 2 rings (SSSR count). The molecule has 1 N–H and O–H groups in total. The van der Waals surface area contributed by atoms with Gasteiger partial charge in [-0.25, -0.2) is 8.42 Å². The molecule has 110 valence electrons. The summed E-state index contributed by atoms with van der Waals surface area (Å²) in [6.45, 7) is 1.04. The third-order valence-corrected chi connectivity index (χ3v) is 4.81. The summed E-state index contributed by atoms with van der Waals surface area (Å²) in [6.07, 6.45) is 0.234. The summed E-state index contributed by atoms with van der Waals surface area (Å²) in [5.41, 5.74) is -0.0203. The molecule has 1 aliphatic rings. The Morgan fingerprint density at radius 3 is 2.70 bits per heavy atom. The van der Waals surface area contributed by atoms with E-state index in [1.165, 1.54) is 6.07 Å². The lowest BCUT2D eigenvalue weighted by Gasteiger charge is -2.25. The fourth-order valence-corrected chi connectivity index (χ4v) is 3.88. The number of amides is 1. The highest BCUT2D eigenvalue weighted by Crippen LogP contribution is 2.20. The van der Waals surface area contributed by atoms with Crippen molar-refractivity contribution in [2.24, 2.45) is 0 Å². The molecular formula is C11H14N2O6S. The molecule has 1 amide bonds. The Bertz CT molecular complexity index is 635. The Balaban J connectivity index is 2.24. The predicted molar refractivity (Wildman–Crippen MR) is 67.0 cm³/mol. The first-order valence-corrected chi connectivity index (χ1v) is 7.77. The maximum Gasteiger partial charge on any atom is 0.323 e. The number of hydrogen-bond donors (Lipinski definition) is 1. The minimum Gasteiger partial charge on any atom is -0.480 e. The van der Waals surface area contributed by atoms with Gasteiger partial charge in [-0.15, -0.1) is 0 Å². The number of carboxylic acids is 1. The van der Waals surface area contributed by atoms with Gasteiger partial charge in [-0.2, -0.15) is 0 Å². The van der Waals surface area contributed by atoms with Crippen molar-refractivity contribution in [1.29, 1.82) is 0 Å². The van der Waals surface area contributed by atoms with Crippen LogP contribution in [0.4, 0.5) is 0 Å². The number of sulfone groups is 1. The largest absolute Gasteiger partial charge is 0.480 e. The second kappa shape index (κ2) is 5.23. The molecule has 0 radical (unpaired) electrons. The highest BCUT2D eigenvalue weighted by atomic mass is 32.2. The summed E-state index contributed by atoms with van der Waals surface area (Å²) in [4.78, 5) is 24.2. The lowest BCUT2D eigenvalue weighted by Crippen LogP contribution is -2.44. The quantitative estimate of drug-likeness (QED) is 0.811. The zero-order chi connectivity index (χ0) is 14.9. The van der Waals surface area contributed by atoms with Crippen LogP contribution in [0.1, 0.15) is 22.7 Å². The number of aliphatic carboxylic acids is 1. The number of carbonyl (C=O) groups is 2. The monoisotopic (exact) mass is 302 g/mol. The first-order chi connectivity index (χ1) is 9.28. The molecule has 9 heteroatoms. The summed E-state index contributed by atoms with van der Waals surface area (Å²) < 4.78 is 27.7. The number of carboxylic acid groups (broad SMARTS) is 1. The molecule has 0 bridgehead atoms. The molecule has 1 aromatic heterocycles. The predicted octanol–water partition coefficient (Wildman–Crippen LogP) is -0.303. The van der Waals surface area contributed by atoms with E-state index in [2.05, 4.69) is 5.16 Å². The molecule has 20 heavy (non-hydrogen) atoms. The van der Waals surface area contributed by atoms with Crippen LogP contribution in [0.5, 0.6) is 0 Å². The summed E-state index contributed by atoms with van der Waals surface area (Å²) in [6, 6.07) is 0.751. The Hall–Kier alpha value is -1.90. The van der Waals surface area contributed by atoms with Crippen molar-refractivity contribution in [3.63, 3.8) is 0 Å². The van der Waals surface area contributed by atoms with Gasteiger partial charge in [0.2, 0.25) is 0 Å². The minimum absolute atomic E-state index is 0.0203.